The molecule has 1 aliphatic heterocycles. The molecule has 0 bridgehead atoms. The van der Waals surface area contributed by atoms with Crippen molar-refractivity contribution in [2.45, 2.75) is 92.9 Å². The zero-order valence-corrected chi connectivity index (χ0v) is 22.0. The van der Waals surface area contributed by atoms with Gasteiger partial charge in [-0.25, -0.2) is 0 Å². The minimum atomic E-state index is -0.599. The quantitative estimate of drug-likeness (QED) is 0.369. The van der Waals surface area contributed by atoms with Gasteiger partial charge >= 0.3 is 11.9 Å². The molecular weight excluding hydrogens is 412 g/mol. The van der Waals surface area contributed by atoms with Crippen LogP contribution in [-0.2, 0) is 20.4 Å². The molecule has 1 aliphatic rings. The average Bonchev–Trinajstić information content (AvgIpc) is 2.96. The zero-order chi connectivity index (χ0) is 25.1. The van der Waals surface area contributed by atoms with Crippen molar-refractivity contribution in [3.8, 4) is 11.5 Å². The molecule has 4 nitrogen and oxygen atoms in total. The summed E-state index contributed by atoms with van der Waals surface area (Å²) in [6.45, 7) is 22.3. The van der Waals surface area contributed by atoms with Crippen LogP contribution in [0.3, 0.4) is 0 Å². The van der Waals surface area contributed by atoms with Crippen molar-refractivity contribution in [3.05, 3.63) is 57.6 Å². The fraction of sp³-hybridized carbons (Fsp3) is 0.517. The minimum Gasteiger partial charge on any atom is -0.426 e. The van der Waals surface area contributed by atoms with Crippen molar-refractivity contribution in [1.29, 1.82) is 0 Å². The molecule has 0 saturated carbocycles. The van der Waals surface area contributed by atoms with Gasteiger partial charge < -0.3 is 9.47 Å². The second-order valence-corrected chi connectivity index (χ2v) is 12.4. The van der Waals surface area contributed by atoms with Gasteiger partial charge in [-0.1, -0.05) is 65.8 Å². The summed E-state index contributed by atoms with van der Waals surface area (Å²) in [5.41, 5.74) is 4.81. The molecule has 1 unspecified atom stereocenters. The summed E-state index contributed by atoms with van der Waals surface area (Å²) < 4.78 is 11.6. The average molecular weight is 451 g/mol. The Hall–Kier alpha value is -2.62. The van der Waals surface area contributed by atoms with Crippen LogP contribution in [-0.4, -0.2) is 11.9 Å². The Labute approximate surface area is 198 Å². The SMILES string of the molecule is Cc1cc(C2C(=O)Oc3c2cc(C(C)(C)C)cc3C(C)(C)C)cc(C)c1OC(=O)C(C)(C)C. The van der Waals surface area contributed by atoms with E-state index >= 15 is 0 Å². The fourth-order valence-electron chi connectivity index (χ4n) is 4.13. The van der Waals surface area contributed by atoms with Gasteiger partial charge in [-0.05, 0) is 67.7 Å². The number of hydrogen-bond donors (Lipinski definition) is 0. The molecule has 0 amide bonds. The predicted molar refractivity (Wildman–Crippen MR) is 132 cm³/mol. The second-order valence-electron chi connectivity index (χ2n) is 12.4. The van der Waals surface area contributed by atoms with Gasteiger partial charge in [0.05, 0.1) is 5.41 Å². The Morgan fingerprint density at radius 3 is 1.85 bits per heavy atom. The van der Waals surface area contributed by atoms with E-state index in [9.17, 15) is 9.59 Å². The van der Waals surface area contributed by atoms with Crippen LogP contribution in [0, 0.1) is 19.3 Å². The van der Waals surface area contributed by atoms with Crippen LogP contribution in [0.15, 0.2) is 24.3 Å². The third-order valence-corrected chi connectivity index (χ3v) is 6.16. The maximum absolute atomic E-state index is 13.2. The van der Waals surface area contributed by atoms with Crippen LogP contribution < -0.4 is 9.47 Å². The third-order valence-electron chi connectivity index (χ3n) is 6.16. The first-order chi connectivity index (χ1) is 14.9. The van der Waals surface area contributed by atoms with E-state index in [1.165, 1.54) is 5.56 Å². The molecule has 0 aromatic heterocycles. The third kappa shape index (κ3) is 4.85. The molecule has 0 saturated heterocycles. The van der Waals surface area contributed by atoms with Crippen molar-refractivity contribution >= 4 is 11.9 Å². The van der Waals surface area contributed by atoms with Gasteiger partial charge in [-0.3, -0.25) is 9.59 Å². The van der Waals surface area contributed by atoms with E-state index < -0.39 is 11.3 Å². The van der Waals surface area contributed by atoms with Crippen molar-refractivity contribution in [2.75, 3.05) is 0 Å². The number of fused-ring (bicyclic) bond motifs is 1. The van der Waals surface area contributed by atoms with E-state index in [0.29, 0.717) is 11.5 Å². The Kier molecular flexibility index (Phi) is 6.06. The molecule has 2 aromatic carbocycles. The van der Waals surface area contributed by atoms with Crippen molar-refractivity contribution in [3.63, 3.8) is 0 Å². The maximum atomic E-state index is 13.2. The summed E-state index contributed by atoms with van der Waals surface area (Å²) in [4.78, 5) is 25.6. The number of aryl methyl sites for hydroxylation is 2. The van der Waals surface area contributed by atoms with Gasteiger partial charge in [-0.2, -0.15) is 0 Å². The lowest BCUT2D eigenvalue weighted by atomic mass is 9.77. The van der Waals surface area contributed by atoms with E-state index in [1.54, 1.807) is 0 Å². The van der Waals surface area contributed by atoms with E-state index in [-0.39, 0.29) is 22.8 Å². The van der Waals surface area contributed by atoms with Gasteiger partial charge in [0.2, 0.25) is 0 Å². The molecule has 0 radical (unpaired) electrons. The summed E-state index contributed by atoms with van der Waals surface area (Å²) >= 11 is 0. The number of hydrogen-bond acceptors (Lipinski definition) is 4. The van der Waals surface area contributed by atoms with E-state index in [2.05, 4.69) is 53.7 Å². The van der Waals surface area contributed by atoms with E-state index in [0.717, 1.165) is 27.8 Å². The smallest absolute Gasteiger partial charge is 0.323 e. The van der Waals surface area contributed by atoms with Gasteiger partial charge in [0, 0.05) is 11.1 Å². The minimum absolute atomic E-state index is 0.0674. The molecule has 33 heavy (non-hydrogen) atoms. The number of ether oxygens (including phenoxy) is 2. The predicted octanol–water partition coefficient (Wildman–Crippen LogP) is 6.90. The van der Waals surface area contributed by atoms with Crippen LogP contribution in [0.1, 0.15) is 102 Å². The van der Waals surface area contributed by atoms with Crippen LogP contribution in [0.5, 0.6) is 11.5 Å². The van der Waals surface area contributed by atoms with E-state index in [1.807, 2.05) is 46.8 Å². The molecule has 0 N–H and O–H groups in total. The summed E-state index contributed by atoms with van der Waals surface area (Å²) in [5, 5.41) is 0. The first-order valence-electron chi connectivity index (χ1n) is 11.7. The van der Waals surface area contributed by atoms with Crippen molar-refractivity contribution < 1.29 is 19.1 Å². The highest BCUT2D eigenvalue weighted by Crippen LogP contribution is 2.48. The maximum Gasteiger partial charge on any atom is 0.323 e. The lowest BCUT2D eigenvalue weighted by Crippen LogP contribution is -2.26. The van der Waals surface area contributed by atoms with Gasteiger partial charge in [0.1, 0.15) is 17.4 Å². The molecule has 3 rings (SSSR count). The molecule has 1 atom stereocenters. The molecule has 2 aromatic rings. The number of benzene rings is 2. The first-order valence-corrected chi connectivity index (χ1v) is 11.7. The fourth-order valence-corrected chi connectivity index (χ4v) is 4.13. The highest BCUT2D eigenvalue weighted by Gasteiger charge is 2.40. The number of rotatable bonds is 2. The summed E-state index contributed by atoms with van der Waals surface area (Å²) in [5.74, 6) is 0.192. The molecule has 4 heteroatoms. The second kappa shape index (κ2) is 8.00. The van der Waals surface area contributed by atoms with Crippen molar-refractivity contribution in [1.82, 2.24) is 0 Å². The Bertz CT molecular complexity index is 1100. The molecule has 0 aliphatic carbocycles. The number of carbonyl (C=O) groups excluding carboxylic acids is 2. The van der Waals surface area contributed by atoms with Crippen molar-refractivity contribution in [2.24, 2.45) is 5.41 Å². The van der Waals surface area contributed by atoms with E-state index in [4.69, 9.17) is 9.47 Å². The lowest BCUT2D eigenvalue weighted by Gasteiger charge is -2.27. The molecule has 0 spiro atoms. The van der Waals surface area contributed by atoms with Crippen LogP contribution in [0.2, 0.25) is 0 Å². The lowest BCUT2D eigenvalue weighted by molar-refractivity contribution is -0.143. The zero-order valence-electron chi connectivity index (χ0n) is 22.0. The Morgan fingerprint density at radius 2 is 1.39 bits per heavy atom. The Balaban J connectivity index is 2.15. The standard InChI is InChI=1S/C29H38O4/c1-16-12-18(13-17(2)23(16)33-26(31)29(9,10)11)22-20-14-19(27(3,4)5)15-21(28(6,7)8)24(20)32-25(22)30/h12-15,22H,1-11H3. The van der Waals surface area contributed by atoms with Crippen LogP contribution in [0.4, 0.5) is 0 Å². The first kappa shape index (κ1) is 25.0. The summed E-state index contributed by atoms with van der Waals surface area (Å²) in [7, 11) is 0. The number of esters is 2. The topological polar surface area (TPSA) is 52.6 Å². The van der Waals surface area contributed by atoms with Crippen LogP contribution >= 0.6 is 0 Å². The highest BCUT2D eigenvalue weighted by atomic mass is 16.5. The molecule has 1 heterocycles. The van der Waals surface area contributed by atoms with Gasteiger partial charge in [0.25, 0.3) is 0 Å². The largest absolute Gasteiger partial charge is 0.426 e. The number of carbonyl (C=O) groups is 2. The normalized spacial score (nSPS) is 16.5. The molecular formula is C29H38O4. The molecule has 0 fully saturated rings. The Morgan fingerprint density at radius 1 is 0.848 bits per heavy atom. The molecule has 178 valence electrons. The van der Waals surface area contributed by atoms with Gasteiger partial charge in [-0.15, -0.1) is 0 Å². The summed E-state index contributed by atoms with van der Waals surface area (Å²) in [6.07, 6.45) is 0. The van der Waals surface area contributed by atoms with Gasteiger partial charge in [0.15, 0.2) is 0 Å². The summed E-state index contributed by atoms with van der Waals surface area (Å²) in [6, 6.07) is 8.19. The monoisotopic (exact) mass is 450 g/mol. The highest BCUT2D eigenvalue weighted by molar-refractivity contribution is 5.91. The van der Waals surface area contributed by atoms with Crippen LogP contribution in [0.25, 0.3) is 0 Å².